The van der Waals surface area contributed by atoms with Crippen molar-refractivity contribution in [1.82, 2.24) is 20.2 Å². The Morgan fingerprint density at radius 2 is 2.14 bits per heavy atom. The summed E-state index contributed by atoms with van der Waals surface area (Å²) < 4.78 is 17.8. The number of hydrogen-bond donors (Lipinski definition) is 0. The first kappa shape index (κ1) is 18.4. The highest BCUT2D eigenvalue weighted by Gasteiger charge is 2.25. The van der Waals surface area contributed by atoms with Crippen molar-refractivity contribution < 1.29 is 19.0 Å². The summed E-state index contributed by atoms with van der Waals surface area (Å²) in [5.41, 5.74) is 2.49. The lowest BCUT2D eigenvalue weighted by molar-refractivity contribution is -0.149. The Kier molecular flexibility index (Phi) is 5.50. The van der Waals surface area contributed by atoms with Gasteiger partial charge < -0.3 is 14.2 Å². The fraction of sp³-hybridized carbons (Fsp3) is 0.263. The fourth-order valence-electron chi connectivity index (χ4n) is 3.04. The molecule has 9 heteroatoms. The van der Waals surface area contributed by atoms with E-state index in [1.54, 1.807) is 12.1 Å². The molecule has 1 atom stereocenters. The number of aromatic nitrogens is 4. The Hall–Kier alpha value is -2.97. The van der Waals surface area contributed by atoms with Gasteiger partial charge in [-0.1, -0.05) is 41.9 Å². The number of tetrazole rings is 1. The van der Waals surface area contributed by atoms with Gasteiger partial charge in [0.2, 0.25) is 0 Å². The third-order valence-electron chi connectivity index (χ3n) is 4.35. The van der Waals surface area contributed by atoms with Crippen LogP contribution in [0.3, 0.4) is 0 Å². The average Bonchev–Trinajstić information content (AvgIpc) is 3.25. The molecule has 0 bridgehead atoms. The van der Waals surface area contributed by atoms with Gasteiger partial charge in [0.05, 0.1) is 6.61 Å². The van der Waals surface area contributed by atoms with Crippen molar-refractivity contribution in [2.24, 2.45) is 0 Å². The van der Waals surface area contributed by atoms with E-state index >= 15 is 0 Å². The van der Waals surface area contributed by atoms with E-state index in [2.05, 4.69) is 15.5 Å². The van der Waals surface area contributed by atoms with Crippen molar-refractivity contribution in [3.63, 3.8) is 0 Å². The molecule has 2 heterocycles. The third-order valence-corrected chi connectivity index (χ3v) is 4.57. The van der Waals surface area contributed by atoms with Crippen LogP contribution in [0.15, 0.2) is 48.8 Å². The Morgan fingerprint density at radius 3 is 2.93 bits per heavy atom. The van der Waals surface area contributed by atoms with Gasteiger partial charge in [0.15, 0.2) is 12.8 Å². The zero-order valence-corrected chi connectivity index (χ0v) is 15.6. The largest absolute Gasteiger partial charge is 0.467 e. The number of ether oxygens (including phenoxy) is 3. The van der Waals surface area contributed by atoms with Gasteiger partial charge in [-0.15, -0.1) is 5.10 Å². The molecule has 8 nitrogen and oxygen atoms in total. The molecule has 0 amide bonds. The van der Waals surface area contributed by atoms with Gasteiger partial charge in [0, 0.05) is 22.6 Å². The molecule has 0 aliphatic carbocycles. The topological polar surface area (TPSA) is 88.4 Å². The van der Waals surface area contributed by atoms with E-state index in [9.17, 15) is 4.79 Å². The van der Waals surface area contributed by atoms with E-state index in [0.29, 0.717) is 29.4 Å². The van der Waals surface area contributed by atoms with E-state index in [4.69, 9.17) is 25.8 Å². The monoisotopic (exact) mass is 400 g/mol. The minimum Gasteiger partial charge on any atom is -0.467 e. The maximum atomic E-state index is 12.8. The molecule has 1 aromatic heterocycles. The SMILES string of the molecule is O=C(OCc1cc(Cl)cc2c1OCOC2)[C@@H](Cc1ccccc1)n1cnnn1. The van der Waals surface area contributed by atoms with Gasteiger partial charge in [-0.25, -0.2) is 9.48 Å². The van der Waals surface area contributed by atoms with Crippen molar-refractivity contribution >= 4 is 17.6 Å². The summed E-state index contributed by atoms with van der Waals surface area (Å²) in [7, 11) is 0. The highest BCUT2D eigenvalue weighted by atomic mass is 35.5. The Morgan fingerprint density at radius 1 is 1.29 bits per heavy atom. The predicted octanol–water partition coefficient (Wildman–Crippen LogP) is 2.72. The summed E-state index contributed by atoms with van der Waals surface area (Å²) in [4.78, 5) is 12.8. The van der Waals surface area contributed by atoms with E-state index in [1.807, 2.05) is 30.3 Å². The molecule has 0 radical (unpaired) electrons. The van der Waals surface area contributed by atoms with Crippen LogP contribution in [0.4, 0.5) is 0 Å². The highest BCUT2D eigenvalue weighted by molar-refractivity contribution is 6.30. The van der Waals surface area contributed by atoms with Crippen molar-refractivity contribution in [2.45, 2.75) is 25.7 Å². The molecule has 2 aromatic carbocycles. The number of carbonyl (C=O) groups is 1. The molecule has 0 N–H and O–H groups in total. The zero-order chi connectivity index (χ0) is 19.3. The minimum absolute atomic E-state index is 0.0230. The number of carbonyl (C=O) groups excluding carboxylic acids is 1. The number of hydrogen-bond acceptors (Lipinski definition) is 7. The molecule has 0 unspecified atom stereocenters. The van der Waals surface area contributed by atoms with Crippen molar-refractivity contribution in [3.05, 3.63) is 70.5 Å². The van der Waals surface area contributed by atoms with Crippen molar-refractivity contribution in [1.29, 1.82) is 0 Å². The first-order valence-electron chi connectivity index (χ1n) is 8.65. The van der Waals surface area contributed by atoms with Crippen LogP contribution in [0.25, 0.3) is 0 Å². The standard InChI is InChI=1S/C19H17ClN4O4/c20-16-7-14-9-26-12-28-18(14)15(8-16)10-27-19(25)17(24-11-21-22-23-24)6-13-4-2-1-3-5-13/h1-5,7-8,11,17H,6,9-10,12H2/t17-/m1/s1. The molecule has 1 aliphatic rings. The lowest BCUT2D eigenvalue weighted by Gasteiger charge is -2.21. The highest BCUT2D eigenvalue weighted by Crippen LogP contribution is 2.32. The molecule has 3 aromatic rings. The lowest BCUT2D eigenvalue weighted by atomic mass is 10.1. The smallest absolute Gasteiger partial charge is 0.331 e. The second-order valence-electron chi connectivity index (χ2n) is 6.27. The first-order valence-corrected chi connectivity index (χ1v) is 9.03. The summed E-state index contributed by atoms with van der Waals surface area (Å²) in [6.07, 6.45) is 1.80. The minimum atomic E-state index is -0.684. The maximum Gasteiger partial charge on any atom is 0.331 e. The number of halogens is 1. The molecule has 1 aliphatic heterocycles. The lowest BCUT2D eigenvalue weighted by Crippen LogP contribution is -2.25. The summed E-state index contributed by atoms with van der Waals surface area (Å²) in [6.45, 7) is 0.573. The molecule has 4 rings (SSSR count). The second-order valence-corrected chi connectivity index (χ2v) is 6.70. The van der Waals surface area contributed by atoms with Crippen LogP contribution in [0.2, 0.25) is 5.02 Å². The normalized spacial score (nSPS) is 14.0. The quantitative estimate of drug-likeness (QED) is 0.588. The van der Waals surface area contributed by atoms with Gasteiger partial charge in [-0.05, 0) is 28.1 Å². The number of esters is 1. The van der Waals surface area contributed by atoms with Crippen LogP contribution in [0.1, 0.15) is 22.7 Å². The second kappa shape index (κ2) is 8.37. The number of fused-ring (bicyclic) bond motifs is 1. The summed E-state index contributed by atoms with van der Waals surface area (Å²) in [6, 6.07) is 12.4. The van der Waals surface area contributed by atoms with E-state index in [0.717, 1.165) is 11.1 Å². The Bertz CT molecular complexity index is 950. The van der Waals surface area contributed by atoms with Gasteiger partial charge in [-0.2, -0.15) is 0 Å². The van der Waals surface area contributed by atoms with E-state index in [-0.39, 0.29) is 13.4 Å². The molecular weight excluding hydrogens is 384 g/mol. The van der Waals surface area contributed by atoms with Crippen LogP contribution < -0.4 is 4.74 Å². The molecule has 0 spiro atoms. The molecular formula is C19H17ClN4O4. The maximum absolute atomic E-state index is 12.8. The Labute approximate surface area is 166 Å². The van der Waals surface area contributed by atoms with E-state index < -0.39 is 12.0 Å². The van der Waals surface area contributed by atoms with Gasteiger partial charge >= 0.3 is 5.97 Å². The summed E-state index contributed by atoms with van der Waals surface area (Å²) in [5.74, 6) is 0.197. The van der Waals surface area contributed by atoms with Gasteiger partial charge in [0.25, 0.3) is 0 Å². The molecule has 0 saturated heterocycles. The average molecular weight is 401 g/mol. The van der Waals surface area contributed by atoms with Crippen LogP contribution in [0, 0.1) is 0 Å². The Balaban J connectivity index is 1.52. The van der Waals surface area contributed by atoms with Crippen molar-refractivity contribution in [2.75, 3.05) is 6.79 Å². The first-order chi connectivity index (χ1) is 13.7. The van der Waals surface area contributed by atoms with Crippen molar-refractivity contribution in [3.8, 4) is 5.75 Å². The molecule has 0 fully saturated rings. The predicted molar refractivity (Wildman–Crippen MR) is 98.5 cm³/mol. The van der Waals surface area contributed by atoms with Gasteiger partial charge in [-0.3, -0.25) is 0 Å². The van der Waals surface area contributed by atoms with Gasteiger partial charge in [0.1, 0.15) is 18.7 Å². The van der Waals surface area contributed by atoms with Crippen LogP contribution >= 0.6 is 11.6 Å². The van der Waals surface area contributed by atoms with Crippen LogP contribution in [-0.4, -0.2) is 33.0 Å². The van der Waals surface area contributed by atoms with Crippen LogP contribution in [0.5, 0.6) is 5.75 Å². The molecule has 144 valence electrons. The number of benzene rings is 2. The number of nitrogens with zero attached hydrogens (tertiary/aromatic N) is 4. The third kappa shape index (κ3) is 4.13. The summed E-state index contributed by atoms with van der Waals surface area (Å²) in [5, 5.41) is 11.6. The molecule has 28 heavy (non-hydrogen) atoms. The molecule has 0 saturated carbocycles. The van der Waals surface area contributed by atoms with E-state index in [1.165, 1.54) is 11.0 Å². The fourth-order valence-corrected chi connectivity index (χ4v) is 3.31. The zero-order valence-electron chi connectivity index (χ0n) is 14.8. The van der Waals surface area contributed by atoms with Crippen LogP contribution in [-0.2, 0) is 33.9 Å². The number of rotatable bonds is 6. The summed E-state index contributed by atoms with van der Waals surface area (Å²) >= 11 is 6.17.